The molecule has 0 aliphatic heterocycles. The fourth-order valence-corrected chi connectivity index (χ4v) is 1.71. The third kappa shape index (κ3) is 3.03. The van der Waals surface area contributed by atoms with Gasteiger partial charge < -0.3 is 9.84 Å². The molecule has 1 heterocycles. The van der Waals surface area contributed by atoms with Crippen LogP contribution in [0, 0.1) is 0 Å². The fraction of sp³-hybridized carbons (Fsp3) is 0.214. The van der Waals surface area contributed by atoms with E-state index in [1.165, 1.54) is 6.33 Å². The SMILES string of the molecule is CC(C)Oc1ccc2ncn(/C=C/C(=O)O)c(=O)c2c1. The predicted octanol–water partition coefficient (Wildman–Crippen LogP) is 1.74. The van der Waals surface area contributed by atoms with E-state index >= 15 is 0 Å². The number of aromatic nitrogens is 2. The maximum Gasteiger partial charge on any atom is 0.329 e. The Morgan fingerprint density at radius 2 is 2.20 bits per heavy atom. The molecule has 0 unspecified atom stereocenters. The summed E-state index contributed by atoms with van der Waals surface area (Å²) in [6, 6.07) is 5.04. The third-order valence-corrected chi connectivity index (χ3v) is 2.50. The number of fused-ring (bicyclic) bond motifs is 1. The average Bonchev–Trinajstić information content (AvgIpc) is 2.38. The number of nitrogens with zero attached hydrogens (tertiary/aromatic N) is 2. The standard InChI is InChI=1S/C14H14N2O4/c1-9(2)20-10-3-4-12-11(7-10)14(19)16(8-15-12)6-5-13(17)18/h3-9H,1-2H3,(H,17,18)/b6-5+. The molecule has 6 nitrogen and oxygen atoms in total. The molecule has 2 rings (SSSR count). The highest BCUT2D eigenvalue weighted by Crippen LogP contribution is 2.17. The number of aliphatic carboxylic acids is 1. The van der Waals surface area contributed by atoms with Crippen LogP contribution in [-0.4, -0.2) is 26.7 Å². The molecule has 6 heteroatoms. The zero-order valence-electron chi connectivity index (χ0n) is 11.1. The molecule has 20 heavy (non-hydrogen) atoms. The van der Waals surface area contributed by atoms with Crippen molar-refractivity contribution in [3.63, 3.8) is 0 Å². The minimum atomic E-state index is -1.13. The van der Waals surface area contributed by atoms with Gasteiger partial charge in [0, 0.05) is 12.3 Å². The molecule has 0 bridgehead atoms. The normalized spacial score (nSPS) is 11.3. The number of ether oxygens (including phenoxy) is 1. The molecule has 1 aromatic carbocycles. The van der Waals surface area contributed by atoms with Gasteiger partial charge in [0.25, 0.3) is 5.56 Å². The summed E-state index contributed by atoms with van der Waals surface area (Å²) in [6.45, 7) is 3.78. The van der Waals surface area contributed by atoms with Gasteiger partial charge in [0.05, 0.1) is 17.0 Å². The van der Waals surface area contributed by atoms with E-state index in [1.807, 2.05) is 13.8 Å². The molecule has 0 fully saturated rings. The van der Waals surface area contributed by atoms with Gasteiger partial charge in [-0.15, -0.1) is 0 Å². The number of benzene rings is 1. The second kappa shape index (κ2) is 5.56. The number of hydrogen-bond acceptors (Lipinski definition) is 4. The van der Waals surface area contributed by atoms with Crippen LogP contribution in [0.2, 0.25) is 0 Å². The summed E-state index contributed by atoms with van der Waals surface area (Å²) in [5, 5.41) is 8.96. The van der Waals surface area contributed by atoms with Gasteiger partial charge in [0.2, 0.25) is 0 Å². The highest BCUT2D eigenvalue weighted by molar-refractivity contribution is 5.83. The monoisotopic (exact) mass is 274 g/mol. The lowest BCUT2D eigenvalue weighted by Gasteiger charge is -2.10. The van der Waals surface area contributed by atoms with Gasteiger partial charge in [0.15, 0.2) is 0 Å². The summed E-state index contributed by atoms with van der Waals surface area (Å²) < 4.78 is 6.65. The quantitative estimate of drug-likeness (QED) is 0.859. The van der Waals surface area contributed by atoms with Crippen LogP contribution in [0.5, 0.6) is 5.75 Å². The Labute approximate surface area is 114 Å². The highest BCUT2D eigenvalue weighted by Gasteiger charge is 2.06. The zero-order valence-corrected chi connectivity index (χ0v) is 11.1. The van der Waals surface area contributed by atoms with Crippen molar-refractivity contribution in [2.45, 2.75) is 20.0 Å². The van der Waals surface area contributed by atoms with E-state index in [-0.39, 0.29) is 11.7 Å². The molecule has 0 amide bonds. The van der Waals surface area contributed by atoms with Gasteiger partial charge in [0.1, 0.15) is 12.1 Å². The fourth-order valence-electron chi connectivity index (χ4n) is 1.71. The Kier molecular flexibility index (Phi) is 3.84. The van der Waals surface area contributed by atoms with E-state index < -0.39 is 5.97 Å². The largest absolute Gasteiger partial charge is 0.491 e. The third-order valence-electron chi connectivity index (χ3n) is 2.50. The van der Waals surface area contributed by atoms with E-state index in [0.29, 0.717) is 16.7 Å². The van der Waals surface area contributed by atoms with Crippen LogP contribution >= 0.6 is 0 Å². The van der Waals surface area contributed by atoms with Gasteiger partial charge in [-0.1, -0.05) is 0 Å². The van der Waals surface area contributed by atoms with Crippen LogP contribution in [0.4, 0.5) is 0 Å². The van der Waals surface area contributed by atoms with Gasteiger partial charge in [-0.2, -0.15) is 0 Å². The van der Waals surface area contributed by atoms with Crippen molar-refractivity contribution in [2.24, 2.45) is 0 Å². The van der Waals surface area contributed by atoms with Crippen molar-refractivity contribution >= 4 is 23.1 Å². The topological polar surface area (TPSA) is 81.4 Å². The lowest BCUT2D eigenvalue weighted by Crippen LogP contribution is -2.16. The Bertz CT molecular complexity index is 732. The zero-order chi connectivity index (χ0) is 14.7. The first-order valence-electron chi connectivity index (χ1n) is 6.06. The summed E-state index contributed by atoms with van der Waals surface area (Å²) in [5.74, 6) is -0.555. The number of carbonyl (C=O) groups is 1. The molecular weight excluding hydrogens is 260 g/mol. The molecule has 0 spiro atoms. The van der Waals surface area contributed by atoms with E-state index in [0.717, 1.165) is 16.8 Å². The summed E-state index contributed by atoms with van der Waals surface area (Å²) >= 11 is 0. The number of hydrogen-bond donors (Lipinski definition) is 1. The van der Waals surface area contributed by atoms with E-state index in [2.05, 4.69) is 4.98 Å². The molecule has 0 saturated carbocycles. The first kappa shape index (κ1) is 13.8. The van der Waals surface area contributed by atoms with Crippen molar-refractivity contribution < 1.29 is 14.6 Å². The Morgan fingerprint density at radius 3 is 2.85 bits per heavy atom. The van der Waals surface area contributed by atoms with Crippen molar-refractivity contribution in [1.29, 1.82) is 0 Å². The van der Waals surface area contributed by atoms with E-state index in [9.17, 15) is 9.59 Å². The molecule has 0 aliphatic rings. The molecule has 0 aliphatic carbocycles. The van der Waals surface area contributed by atoms with Gasteiger partial charge >= 0.3 is 5.97 Å². The Hall–Kier alpha value is -2.63. The van der Waals surface area contributed by atoms with Crippen molar-refractivity contribution in [3.05, 3.63) is 41.0 Å². The van der Waals surface area contributed by atoms with Gasteiger partial charge in [-0.05, 0) is 32.0 Å². The van der Waals surface area contributed by atoms with Crippen LogP contribution in [0.1, 0.15) is 13.8 Å². The molecule has 2 aromatic rings. The number of rotatable bonds is 4. The van der Waals surface area contributed by atoms with Crippen LogP contribution in [0.3, 0.4) is 0 Å². The van der Waals surface area contributed by atoms with Crippen LogP contribution in [-0.2, 0) is 4.79 Å². The van der Waals surface area contributed by atoms with Crippen LogP contribution in [0.15, 0.2) is 35.4 Å². The summed E-state index contributed by atoms with van der Waals surface area (Å²) in [7, 11) is 0. The van der Waals surface area contributed by atoms with Crippen molar-refractivity contribution in [3.8, 4) is 5.75 Å². The highest BCUT2D eigenvalue weighted by atomic mass is 16.5. The summed E-state index contributed by atoms with van der Waals surface area (Å²) in [6.07, 6.45) is 3.32. The van der Waals surface area contributed by atoms with Crippen molar-refractivity contribution in [1.82, 2.24) is 9.55 Å². The van der Waals surface area contributed by atoms with Gasteiger partial charge in [-0.25, -0.2) is 9.78 Å². The first-order valence-corrected chi connectivity index (χ1v) is 6.06. The molecule has 1 N–H and O–H groups in total. The van der Waals surface area contributed by atoms with Crippen LogP contribution < -0.4 is 10.3 Å². The Morgan fingerprint density at radius 1 is 1.45 bits per heavy atom. The maximum atomic E-state index is 12.2. The molecule has 0 radical (unpaired) electrons. The lowest BCUT2D eigenvalue weighted by atomic mass is 10.2. The number of carboxylic acids is 1. The van der Waals surface area contributed by atoms with E-state index in [1.54, 1.807) is 18.2 Å². The minimum absolute atomic E-state index is 0.00162. The Balaban J connectivity index is 2.52. The van der Waals surface area contributed by atoms with Crippen molar-refractivity contribution in [2.75, 3.05) is 0 Å². The minimum Gasteiger partial charge on any atom is -0.491 e. The van der Waals surface area contributed by atoms with Gasteiger partial charge in [-0.3, -0.25) is 9.36 Å². The summed E-state index contributed by atoms with van der Waals surface area (Å²) in [4.78, 5) is 26.8. The summed E-state index contributed by atoms with van der Waals surface area (Å²) in [5.41, 5.74) is 0.188. The van der Waals surface area contributed by atoms with Crippen LogP contribution in [0.25, 0.3) is 17.1 Å². The molecule has 1 aromatic heterocycles. The lowest BCUT2D eigenvalue weighted by molar-refractivity contribution is -0.131. The predicted molar refractivity (Wildman–Crippen MR) is 74.7 cm³/mol. The first-order chi connectivity index (χ1) is 9.47. The maximum absolute atomic E-state index is 12.2. The molecule has 104 valence electrons. The second-order valence-electron chi connectivity index (χ2n) is 4.46. The average molecular weight is 274 g/mol. The molecule has 0 saturated heterocycles. The molecule has 0 atom stereocenters. The molecular formula is C14H14N2O4. The second-order valence-corrected chi connectivity index (χ2v) is 4.46. The smallest absolute Gasteiger partial charge is 0.329 e. The van der Waals surface area contributed by atoms with E-state index in [4.69, 9.17) is 9.84 Å². The number of carboxylic acid groups (broad SMARTS) is 1.